The summed E-state index contributed by atoms with van der Waals surface area (Å²) in [6.45, 7) is 0. The molecule has 0 heterocycles. The predicted octanol–water partition coefficient (Wildman–Crippen LogP) is 3.66. The molecule has 0 amide bonds. The summed E-state index contributed by atoms with van der Waals surface area (Å²) in [7, 11) is -4.23. The molecule has 0 radical (unpaired) electrons. The van der Waals surface area contributed by atoms with Crippen LogP contribution in [0.5, 0.6) is 0 Å². The SMILES string of the molecule is O=C(C=Cc1ccc(SOOO)cc1)C=Cc1ccc(S(=O)(=O)O)cc1. The number of allylic oxidation sites excluding steroid dienone is 2. The second kappa shape index (κ2) is 9.43. The molecule has 136 valence electrons. The maximum Gasteiger partial charge on any atom is 0.294 e. The molecule has 2 N–H and O–H groups in total. The predicted molar refractivity (Wildman–Crippen MR) is 96.4 cm³/mol. The van der Waals surface area contributed by atoms with Gasteiger partial charge in [-0.3, -0.25) is 9.35 Å². The molecule has 0 bridgehead atoms. The van der Waals surface area contributed by atoms with Gasteiger partial charge < -0.3 is 0 Å². The van der Waals surface area contributed by atoms with Crippen molar-refractivity contribution in [3.05, 3.63) is 71.8 Å². The van der Waals surface area contributed by atoms with E-state index in [1.54, 1.807) is 30.3 Å². The molecular weight excluding hydrogens is 380 g/mol. The van der Waals surface area contributed by atoms with Gasteiger partial charge in [0.2, 0.25) is 0 Å². The van der Waals surface area contributed by atoms with Gasteiger partial charge in [-0.25, -0.2) is 5.26 Å². The summed E-state index contributed by atoms with van der Waals surface area (Å²) in [5, 5.41) is 11.6. The van der Waals surface area contributed by atoms with Gasteiger partial charge in [-0.05, 0) is 47.5 Å². The summed E-state index contributed by atoms with van der Waals surface area (Å²) < 4.78 is 35.1. The Labute approximate surface area is 154 Å². The van der Waals surface area contributed by atoms with E-state index < -0.39 is 10.1 Å². The van der Waals surface area contributed by atoms with E-state index in [9.17, 15) is 13.2 Å². The van der Waals surface area contributed by atoms with Crippen LogP contribution in [0.15, 0.2) is 70.5 Å². The molecule has 0 saturated heterocycles. The zero-order valence-corrected chi connectivity index (χ0v) is 14.8. The summed E-state index contributed by atoms with van der Waals surface area (Å²) in [4.78, 5) is 12.3. The van der Waals surface area contributed by atoms with Crippen LogP contribution in [0.25, 0.3) is 12.2 Å². The molecule has 9 heteroatoms. The third-order valence-corrected chi connectivity index (χ3v) is 4.56. The number of hydrogen-bond donors (Lipinski definition) is 2. The molecule has 0 saturated carbocycles. The van der Waals surface area contributed by atoms with Crippen LogP contribution in [-0.4, -0.2) is 24.0 Å². The molecule has 0 fully saturated rings. The Morgan fingerprint density at radius 3 is 1.88 bits per heavy atom. The number of benzene rings is 2. The number of ketones is 1. The van der Waals surface area contributed by atoms with Gasteiger partial charge in [0, 0.05) is 4.90 Å². The Morgan fingerprint density at radius 1 is 0.923 bits per heavy atom. The van der Waals surface area contributed by atoms with E-state index in [1.165, 1.54) is 42.5 Å². The monoisotopic (exact) mass is 394 g/mol. The zero-order chi connectivity index (χ0) is 19.0. The van der Waals surface area contributed by atoms with Gasteiger partial charge in [-0.2, -0.15) is 8.42 Å². The molecular formula is C17H14O7S2. The van der Waals surface area contributed by atoms with E-state index in [1.807, 2.05) is 0 Å². The van der Waals surface area contributed by atoms with Gasteiger partial charge in [-0.15, -0.1) is 4.33 Å². The minimum Gasteiger partial charge on any atom is -0.290 e. The van der Waals surface area contributed by atoms with Crippen LogP contribution in [-0.2, 0) is 24.3 Å². The van der Waals surface area contributed by atoms with Crippen LogP contribution in [0, 0.1) is 0 Å². The van der Waals surface area contributed by atoms with Crippen molar-refractivity contribution in [2.75, 3.05) is 0 Å². The van der Waals surface area contributed by atoms with Crippen LogP contribution < -0.4 is 0 Å². The summed E-state index contributed by atoms with van der Waals surface area (Å²) in [6.07, 6.45) is 5.90. The summed E-state index contributed by atoms with van der Waals surface area (Å²) in [5.74, 6) is -0.251. The normalized spacial score (nSPS) is 12.1. The first-order chi connectivity index (χ1) is 12.4. The number of carbonyl (C=O) groups is 1. The van der Waals surface area contributed by atoms with Gasteiger partial charge in [0.25, 0.3) is 10.1 Å². The smallest absolute Gasteiger partial charge is 0.290 e. The van der Waals surface area contributed by atoms with E-state index in [2.05, 4.69) is 9.37 Å². The Morgan fingerprint density at radius 2 is 1.42 bits per heavy atom. The average Bonchev–Trinajstić information content (AvgIpc) is 2.63. The standard InChI is InChI=1S/C17H14O7S2/c18-15(7-1-13-3-9-16(10-4-13)25-24-23-19)8-2-14-5-11-17(12-6-14)26(20,21)22/h1-12,19H,(H,20,21,22). The van der Waals surface area contributed by atoms with Crippen molar-refractivity contribution in [3.8, 4) is 0 Å². The average molecular weight is 394 g/mol. The van der Waals surface area contributed by atoms with Gasteiger partial charge in [-0.1, -0.05) is 41.5 Å². The molecule has 0 spiro atoms. The van der Waals surface area contributed by atoms with Crippen molar-refractivity contribution < 1.29 is 32.4 Å². The van der Waals surface area contributed by atoms with E-state index in [4.69, 9.17) is 9.81 Å². The van der Waals surface area contributed by atoms with Crippen LogP contribution in [0.3, 0.4) is 0 Å². The van der Waals surface area contributed by atoms with Crippen molar-refractivity contribution in [2.24, 2.45) is 0 Å². The summed E-state index contributed by atoms with van der Waals surface area (Å²) >= 11 is 0.834. The highest BCUT2D eigenvalue weighted by Crippen LogP contribution is 2.19. The van der Waals surface area contributed by atoms with Crippen molar-refractivity contribution in [2.45, 2.75) is 9.79 Å². The summed E-state index contributed by atoms with van der Waals surface area (Å²) in [6, 6.07) is 12.4. The largest absolute Gasteiger partial charge is 0.294 e. The lowest BCUT2D eigenvalue weighted by atomic mass is 10.1. The van der Waals surface area contributed by atoms with Crippen LogP contribution in [0.2, 0.25) is 0 Å². The third kappa shape index (κ3) is 6.56. The van der Waals surface area contributed by atoms with E-state index in [-0.39, 0.29) is 10.7 Å². The highest BCUT2D eigenvalue weighted by Gasteiger charge is 2.07. The van der Waals surface area contributed by atoms with Crippen LogP contribution >= 0.6 is 12.0 Å². The summed E-state index contributed by atoms with van der Waals surface area (Å²) in [5.41, 5.74) is 1.41. The Balaban J connectivity index is 1.95. The highest BCUT2D eigenvalue weighted by molar-refractivity contribution is 7.94. The highest BCUT2D eigenvalue weighted by atomic mass is 32.2. The van der Waals surface area contributed by atoms with E-state index in [0.29, 0.717) is 10.5 Å². The fraction of sp³-hybridized carbons (Fsp3) is 0. The van der Waals surface area contributed by atoms with Crippen LogP contribution in [0.1, 0.15) is 11.1 Å². The van der Waals surface area contributed by atoms with Crippen molar-refractivity contribution in [1.82, 2.24) is 0 Å². The minimum atomic E-state index is -4.23. The fourth-order valence-electron chi connectivity index (χ4n) is 1.85. The molecule has 0 aliphatic rings. The van der Waals surface area contributed by atoms with Crippen LogP contribution in [0.4, 0.5) is 0 Å². The molecule has 0 aliphatic carbocycles. The first-order valence-electron chi connectivity index (χ1n) is 7.11. The molecule has 2 aromatic rings. The topological polar surface area (TPSA) is 110 Å². The van der Waals surface area contributed by atoms with Gasteiger partial charge >= 0.3 is 0 Å². The Kier molecular flexibility index (Phi) is 7.27. The van der Waals surface area contributed by atoms with E-state index in [0.717, 1.165) is 17.6 Å². The minimum absolute atomic E-state index is 0.210. The molecule has 7 nitrogen and oxygen atoms in total. The molecule has 0 aromatic heterocycles. The molecule has 0 unspecified atom stereocenters. The number of rotatable bonds is 8. The van der Waals surface area contributed by atoms with Crippen molar-refractivity contribution >= 4 is 40.1 Å². The quantitative estimate of drug-likeness (QED) is 0.229. The lowest BCUT2D eigenvalue weighted by molar-refractivity contribution is -0.432. The third-order valence-electron chi connectivity index (χ3n) is 3.10. The second-order valence-electron chi connectivity index (χ2n) is 4.91. The fourth-order valence-corrected chi connectivity index (χ4v) is 2.69. The Hall–Kier alpha value is -2.27. The molecule has 0 atom stereocenters. The first kappa shape index (κ1) is 20.0. The first-order valence-corrected chi connectivity index (χ1v) is 9.29. The maximum absolute atomic E-state index is 11.8. The molecule has 2 rings (SSSR count). The van der Waals surface area contributed by atoms with Crippen molar-refractivity contribution in [3.63, 3.8) is 0 Å². The molecule has 0 aliphatic heterocycles. The molecule has 26 heavy (non-hydrogen) atoms. The number of hydrogen-bond acceptors (Lipinski definition) is 7. The molecule has 2 aromatic carbocycles. The van der Waals surface area contributed by atoms with E-state index >= 15 is 0 Å². The lowest BCUT2D eigenvalue weighted by Gasteiger charge is -1.98. The lowest BCUT2D eigenvalue weighted by Crippen LogP contribution is -1.97. The maximum atomic E-state index is 11.8. The van der Waals surface area contributed by atoms with Crippen molar-refractivity contribution in [1.29, 1.82) is 0 Å². The van der Waals surface area contributed by atoms with Gasteiger partial charge in [0.15, 0.2) is 5.78 Å². The number of carbonyl (C=O) groups excluding carboxylic acids is 1. The second-order valence-corrected chi connectivity index (χ2v) is 7.10. The van der Waals surface area contributed by atoms with Gasteiger partial charge in [0.05, 0.1) is 16.9 Å². The zero-order valence-electron chi connectivity index (χ0n) is 13.2. The van der Waals surface area contributed by atoms with Gasteiger partial charge in [0.1, 0.15) is 0 Å². The Bertz CT molecular complexity index is 899.